The molecule has 0 N–H and O–H groups in total. The molecule has 6 nitrogen and oxygen atoms in total. The zero-order chi connectivity index (χ0) is 26.5. The van der Waals surface area contributed by atoms with Crippen LogP contribution in [0.15, 0.2) is 65.1 Å². The van der Waals surface area contributed by atoms with Crippen LogP contribution in [0.2, 0.25) is 0 Å². The molecule has 0 bridgehead atoms. The Morgan fingerprint density at radius 3 is 2.49 bits per heavy atom. The molecule has 0 aromatic heterocycles. The lowest BCUT2D eigenvalue weighted by Crippen LogP contribution is -2.42. The Morgan fingerprint density at radius 1 is 1.08 bits per heavy atom. The quantitative estimate of drug-likeness (QED) is 0.403. The molecule has 1 aliphatic heterocycles. The molecule has 2 fully saturated rings. The molecule has 7 heteroatoms. The summed E-state index contributed by atoms with van der Waals surface area (Å²) in [6.07, 6.45) is 17.9. The highest BCUT2D eigenvalue weighted by atomic mass is 32.2. The Bertz CT molecular complexity index is 1140. The van der Waals surface area contributed by atoms with E-state index in [-0.39, 0.29) is 11.2 Å². The number of hydrogen-bond acceptors (Lipinski definition) is 5. The Balaban J connectivity index is 1.28. The summed E-state index contributed by atoms with van der Waals surface area (Å²) in [5, 5.41) is 0. The van der Waals surface area contributed by atoms with E-state index in [4.69, 9.17) is 9.47 Å². The molecule has 1 spiro atoms. The molecule has 2 aliphatic carbocycles. The number of nitrogens with zero attached hydrogens (tertiary/aromatic N) is 1. The van der Waals surface area contributed by atoms with Crippen LogP contribution in [-0.2, 0) is 19.6 Å². The molecule has 202 valence electrons. The van der Waals surface area contributed by atoms with Gasteiger partial charge in [-0.15, -0.1) is 0 Å². The number of allylic oxidation sites excluding steroid dienone is 4. The van der Waals surface area contributed by atoms with Crippen LogP contribution in [0.5, 0.6) is 5.75 Å². The Hall–Kier alpha value is -2.22. The van der Waals surface area contributed by atoms with Gasteiger partial charge in [0, 0.05) is 19.5 Å². The summed E-state index contributed by atoms with van der Waals surface area (Å²) in [5.74, 6) is 1.13. The molecule has 1 saturated heterocycles. The monoisotopic (exact) mass is 527 g/mol. The van der Waals surface area contributed by atoms with E-state index in [1.165, 1.54) is 0 Å². The van der Waals surface area contributed by atoms with E-state index < -0.39 is 15.6 Å². The second-order valence-corrected chi connectivity index (χ2v) is 13.2. The number of carbonyl (C=O) groups excluding carboxylic acids is 1. The summed E-state index contributed by atoms with van der Waals surface area (Å²) in [6, 6.07) is 6.59. The molecule has 1 atom stereocenters. The predicted molar refractivity (Wildman–Crippen MR) is 146 cm³/mol. The van der Waals surface area contributed by atoms with Crippen molar-refractivity contribution >= 4 is 15.8 Å². The number of piperidine rings is 1. The zero-order valence-electron chi connectivity index (χ0n) is 22.4. The van der Waals surface area contributed by atoms with E-state index in [2.05, 4.69) is 30.4 Å². The second-order valence-electron chi connectivity index (χ2n) is 11.3. The number of ketones is 1. The van der Waals surface area contributed by atoms with Gasteiger partial charge in [-0.2, -0.15) is 4.31 Å². The van der Waals surface area contributed by atoms with Crippen LogP contribution in [0.3, 0.4) is 0 Å². The van der Waals surface area contributed by atoms with Crippen molar-refractivity contribution in [2.45, 2.75) is 75.7 Å². The smallest absolute Gasteiger partial charge is 0.243 e. The number of methoxy groups -OCH3 is 1. The molecule has 1 heterocycles. The first-order valence-corrected chi connectivity index (χ1v) is 14.9. The van der Waals surface area contributed by atoms with Crippen molar-refractivity contribution in [3.8, 4) is 5.75 Å². The number of carbonyl (C=O) groups is 1. The highest BCUT2D eigenvalue weighted by molar-refractivity contribution is 7.89. The van der Waals surface area contributed by atoms with E-state index in [0.717, 1.165) is 50.5 Å². The van der Waals surface area contributed by atoms with Gasteiger partial charge in [-0.1, -0.05) is 30.4 Å². The Kier molecular flexibility index (Phi) is 8.77. The van der Waals surface area contributed by atoms with Gasteiger partial charge in [-0.25, -0.2) is 8.42 Å². The highest BCUT2D eigenvalue weighted by Crippen LogP contribution is 2.50. The number of hydrogen-bond donors (Lipinski definition) is 0. The summed E-state index contributed by atoms with van der Waals surface area (Å²) in [5.41, 5.74) is 0.391. The van der Waals surface area contributed by atoms with E-state index in [1.54, 1.807) is 35.7 Å². The van der Waals surface area contributed by atoms with Gasteiger partial charge in [0.05, 0.1) is 18.6 Å². The van der Waals surface area contributed by atoms with Crippen LogP contribution in [-0.4, -0.2) is 50.9 Å². The third kappa shape index (κ3) is 6.81. The molecule has 1 aromatic rings. The van der Waals surface area contributed by atoms with Gasteiger partial charge >= 0.3 is 0 Å². The van der Waals surface area contributed by atoms with Crippen molar-refractivity contribution < 1.29 is 22.7 Å². The van der Waals surface area contributed by atoms with E-state index in [0.29, 0.717) is 42.7 Å². The number of benzene rings is 1. The largest absolute Gasteiger partial charge is 0.497 e. The van der Waals surface area contributed by atoms with Gasteiger partial charge in [-0.05, 0) is 100.0 Å². The lowest BCUT2D eigenvalue weighted by Gasteiger charge is -2.39. The van der Waals surface area contributed by atoms with E-state index in [9.17, 15) is 13.2 Å². The molecular formula is C30H41NO5S. The molecular weight excluding hydrogens is 486 g/mol. The van der Waals surface area contributed by atoms with Gasteiger partial charge in [0.2, 0.25) is 10.0 Å². The maximum atomic E-state index is 13.2. The molecule has 0 amide bonds. The third-order valence-electron chi connectivity index (χ3n) is 8.31. The Morgan fingerprint density at radius 2 is 1.78 bits per heavy atom. The van der Waals surface area contributed by atoms with Crippen molar-refractivity contribution in [2.24, 2.45) is 11.3 Å². The fourth-order valence-electron chi connectivity index (χ4n) is 5.77. The van der Waals surface area contributed by atoms with Crippen LogP contribution < -0.4 is 4.74 Å². The van der Waals surface area contributed by atoms with Gasteiger partial charge in [0.1, 0.15) is 11.4 Å². The van der Waals surface area contributed by atoms with E-state index >= 15 is 0 Å². The minimum Gasteiger partial charge on any atom is -0.497 e. The normalized spacial score (nSPS) is 22.5. The SMILES string of the molecule is COc1ccc(S(=O)(=O)N2CCC3(CCC(CC(=O)C(C)(C)OCC4=CC=CCCC=C4)C3)CC2)cc1. The van der Waals surface area contributed by atoms with Crippen molar-refractivity contribution in [1.82, 2.24) is 4.31 Å². The number of sulfonamides is 1. The lowest BCUT2D eigenvalue weighted by atomic mass is 9.76. The Labute approximate surface area is 222 Å². The van der Waals surface area contributed by atoms with E-state index in [1.807, 2.05) is 13.8 Å². The van der Waals surface area contributed by atoms with Crippen LogP contribution >= 0.6 is 0 Å². The summed E-state index contributed by atoms with van der Waals surface area (Å²) in [6.45, 7) is 5.24. The van der Waals surface area contributed by atoms with Crippen molar-refractivity contribution in [2.75, 3.05) is 26.8 Å². The zero-order valence-corrected chi connectivity index (χ0v) is 23.3. The number of rotatable bonds is 9. The first kappa shape index (κ1) is 27.8. The maximum absolute atomic E-state index is 13.2. The van der Waals surface area contributed by atoms with Crippen LogP contribution in [0.1, 0.15) is 65.2 Å². The summed E-state index contributed by atoms with van der Waals surface area (Å²) < 4.78 is 39.1. The molecule has 1 unspecified atom stereocenters. The lowest BCUT2D eigenvalue weighted by molar-refractivity contribution is -0.140. The average molecular weight is 528 g/mol. The van der Waals surface area contributed by atoms with Gasteiger partial charge in [0.25, 0.3) is 0 Å². The number of Topliss-reactive ketones (excluding diaryl/α,β-unsaturated/α-hetero) is 1. The molecule has 1 saturated carbocycles. The maximum Gasteiger partial charge on any atom is 0.243 e. The summed E-state index contributed by atoms with van der Waals surface area (Å²) in [4.78, 5) is 13.5. The van der Waals surface area contributed by atoms with Crippen LogP contribution in [0.4, 0.5) is 0 Å². The predicted octanol–water partition coefficient (Wildman–Crippen LogP) is 5.85. The fraction of sp³-hybridized carbons (Fsp3) is 0.567. The minimum atomic E-state index is -3.51. The molecule has 4 rings (SSSR count). The van der Waals surface area contributed by atoms with Gasteiger partial charge < -0.3 is 9.47 Å². The first-order chi connectivity index (χ1) is 17.6. The molecule has 3 aliphatic rings. The number of ether oxygens (including phenoxy) is 2. The standard InChI is InChI=1S/C30H41NO5S/c1-29(2,36-23-24-9-7-5-4-6-8-10-24)28(32)21-25-15-16-30(22-25)17-19-31(20-18-30)37(33,34)27-13-11-26(35-3)12-14-27/h5,7-14,25H,4,6,15-23H2,1-3H3. The average Bonchev–Trinajstić information content (AvgIpc) is 3.25. The topological polar surface area (TPSA) is 72.9 Å². The van der Waals surface area contributed by atoms with Crippen molar-refractivity contribution in [3.63, 3.8) is 0 Å². The van der Waals surface area contributed by atoms with Gasteiger partial charge in [-0.3, -0.25) is 4.79 Å². The fourth-order valence-corrected chi connectivity index (χ4v) is 7.21. The minimum absolute atomic E-state index is 0.142. The first-order valence-electron chi connectivity index (χ1n) is 13.5. The van der Waals surface area contributed by atoms with Crippen LogP contribution in [0, 0.1) is 11.3 Å². The molecule has 1 aromatic carbocycles. The van der Waals surface area contributed by atoms with Crippen LogP contribution in [0.25, 0.3) is 0 Å². The third-order valence-corrected chi connectivity index (χ3v) is 10.2. The second kappa shape index (κ2) is 11.7. The highest BCUT2D eigenvalue weighted by Gasteiger charge is 2.44. The van der Waals surface area contributed by atoms with Crippen molar-refractivity contribution in [3.05, 3.63) is 60.2 Å². The van der Waals surface area contributed by atoms with Gasteiger partial charge in [0.15, 0.2) is 5.78 Å². The molecule has 0 radical (unpaired) electrons. The summed E-state index contributed by atoms with van der Waals surface area (Å²) in [7, 11) is -1.95. The summed E-state index contributed by atoms with van der Waals surface area (Å²) >= 11 is 0. The van der Waals surface area contributed by atoms with Crippen molar-refractivity contribution in [1.29, 1.82) is 0 Å². The molecule has 37 heavy (non-hydrogen) atoms.